The molecule has 8 amide bonds. The van der Waals surface area contributed by atoms with Gasteiger partial charge in [-0.2, -0.15) is 0 Å². The van der Waals surface area contributed by atoms with Gasteiger partial charge in [-0.15, -0.1) is 0 Å². The molecule has 0 aromatic carbocycles. The third-order valence-electron chi connectivity index (χ3n) is 24.7. The first-order chi connectivity index (χ1) is 65.4. The minimum atomic E-state index is 0.0388. The van der Waals surface area contributed by atoms with Crippen molar-refractivity contribution in [3.05, 3.63) is 0 Å². The summed E-state index contributed by atoms with van der Waals surface area (Å²) in [5, 5.41) is 27.6. The van der Waals surface area contributed by atoms with Gasteiger partial charge in [0, 0.05) is 241 Å². The third kappa shape index (κ3) is 69.3. The molecule has 0 bridgehead atoms. The zero-order chi connectivity index (χ0) is 106. The minimum Gasteiger partial charge on any atom is -0.340 e. The lowest BCUT2D eigenvalue weighted by Gasteiger charge is -2.35. The second-order valence-corrected chi connectivity index (χ2v) is 48.1. The number of hydrogen-bond acceptors (Lipinski definition) is 24. The van der Waals surface area contributed by atoms with Crippen molar-refractivity contribution < 1.29 is 38.4 Å². The Hall–Kier alpha value is -4.88. The maximum absolute atomic E-state index is 11.9. The summed E-state index contributed by atoms with van der Waals surface area (Å²) in [4.78, 5) is 129. The molecule has 0 aromatic heterocycles. The van der Waals surface area contributed by atoms with Crippen LogP contribution in [0.5, 0.6) is 0 Å². The van der Waals surface area contributed by atoms with E-state index in [9.17, 15) is 38.4 Å². The number of piperazine rings is 8. The Labute approximate surface area is 859 Å². The van der Waals surface area contributed by atoms with Crippen LogP contribution in [0, 0.1) is 0 Å². The van der Waals surface area contributed by atoms with Crippen LogP contribution in [0.4, 0.5) is 0 Å². The van der Waals surface area contributed by atoms with Gasteiger partial charge in [-0.1, -0.05) is 55.4 Å². The molecule has 0 saturated carbocycles. The Bertz CT molecular complexity index is 3290. The molecule has 0 atom stereocenters. The first kappa shape index (κ1) is 133. The molecule has 0 radical (unpaired) electrons. The second kappa shape index (κ2) is 70.9. The fourth-order valence-electron chi connectivity index (χ4n) is 17.1. The van der Waals surface area contributed by atoms with Crippen molar-refractivity contribution in [2.75, 3.05) is 314 Å². The summed E-state index contributed by atoms with van der Waals surface area (Å²) in [6.07, 6.45) is 13.0. The van der Waals surface area contributed by atoms with Gasteiger partial charge in [0.1, 0.15) is 0 Å². The maximum atomic E-state index is 11.9. The molecule has 140 heavy (non-hydrogen) atoms. The van der Waals surface area contributed by atoms with Gasteiger partial charge < -0.3 is 96.4 Å². The molecule has 8 N–H and O–H groups in total. The van der Waals surface area contributed by atoms with Crippen LogP contribution in [0.2, 0.25) is 0 Å². The Balaban J connectivity index is 0.000000800. The monoisotopic (exact) mass is 1990 g/mol. The molecule has 8 fully saturated rings. The Morgan fingerprint density at radius 1 is 0.157 bits per heavy atom. The van der Waals surface area contributed by atoms with Crippen molar-refractivity contribution in [2.45, 2.75) is 343 Å². The van der Waals surface area contributed by atoms with Crippen LogP contribution in [0.3, 0.4) is 0 Å². The second-order valence-electron chi connectivity index (χ2n) is 48.1. The first-order valence-corrected chi connectivity index (χ1v) is 55.4. The van der Waals surface area contributed by atoms with Crippen molar-refractivity contribution in [1.82, 2.24) is 121 Å². The van der Waals surface area contributed by atoms with Crippen LogP contribution >= 0.6 is 0 Å². The van der Waals surface area contributed by atoms with Crippen LogP contribution in [-0.2, 0) is 38.4 Å². The van der Waals surface area contributed by atoms with Crippen LogP contribution in [-0.4, -0.2) is 484 Å². The highest BCUT2D eigenvalue weighted by Crippen LogP contribution is 2.15. The summed E-state index contributed by atoms with van der Waals surface area (Å²) < 4.78 is 0. The number of nitrogens with one attached hydrogen (secondary N) is 8. The van der Waals surface area contributed by atoms with E-state index in [-0.39, 0.29) is 106 Å². The van der Waals surface area contributed by atoms with Gasteiger partial charge in [0.15, 0.2) is 0 Å². The number of carbonyl (C=O) groups is 8. The van der Waals surface area contributed by atoms with E-state index in [0.717, 1.165) is 215 Å². The zero-order valence-electron chi connectivity index (χ0n) is 96.8. The van der Waals surface area contributed by atoms with Crippen molar-refractivity contribution in [2.24, 2.45) is 0 Å². The smallest absolute Gasteiger partial charge is 0.242 e. The number of amides is 8. The Morgan fingerprint density at radius 3 is 0.571 bits per heavy atom. The number of rotatable bonds is 44. The van der Waals surface area contributed by atoms with E-state index in [2.05, 4.69) is 289 Å². The molecule has 0 unspecified atom stereocenters. The van der Waals surface area contributed by atoms with Gasteiger partial charge in [0.2, 0.25) is 47.3 Å². The van der Waals surface area contributed by atoms with E-state index < -0.39 is 0 Å². The van der Waals surface area contributed by atoms with Crippen LogP contribution in [0.1, 0.15) is 299 Å². The van der Waals surface area contributed by atoms with Crippen LogP contribution in [0.25, 0.3) is 0 Å². The van der Waals surface area contributed by atoms with Crippen molar-refractivity contribution in [3.63, 3.8) is 0 Å². The Morgan fingerprint density at radius 2 is 0.307 bits per heavy atom. The molecule has 0 spiro atoms. The zero-order valence-corrected chi connectivity index (χ0v) is 96.8. The molecule has 8 heterocycles. The van der Waals surface area contributed by atoms with Crippen LogP contribution < -0.4 is 42.5 Å². The Kier molecular flexibility index (Phi) is 67.4. The van der Waals surface area contributed by atoms with Gasteiger partial charge in [-0.25, -0.2) is 0 Å². The third-order valence-corrected chi connectivity index (χ3v) is 24.7. The van der Waals surface area contributed by atoms with Crippen LogP contribution in [0.15, 0.2) is 0 Å². The molecule has 8 saturated heterocycles. The first-order valence-electron chi connectivity index (χ1n) is 55.4. The normalized spacial score (nSPS) is 18.6. The fourth-order valence-corrected chi connectivity index (χ4v) is 17.1. The molecule has 32 heteroatoms. The van der Waals surface area contributed by atoms with E-state index in [1.54, 1.807) is 19.6 Å². The molecule has 32 nitrogen and oxygen atoms in total. The van der Waals surface area contributed by atoms with E-state index in [1.807, 2.05) is 33.4 Å². The molecular formula is C108H224N24O8. The summed E-state index contributed by atoms with van der Waals surface area (Å²) in [6, 6.07) is 0. The number of carbonyl (C=O) groups excluding carboxylic acids is 8. The molecule has 0 aromatic rings. The highest BCUT2D eigenvalue weighted by atomic mass is 16.2. The van der Waals surface area contributed by atoms with E-state index in [1.165, 1.54) is 97.8 Å². The standard InChI is InChI=1S/C14H27N3O2.2C14H29N3O.C14H31N3.C13H25N3O2.2C13H27N3O.C13H29N3/c1-5-8-16-10-13(19)17(11-12(16)18)9-6-7-15-14(2,3)4;1-5-8-17-11-10-16(12-13(17)18)9-6-7-15-14(2,3)4;1-5-8-16-10-11-17(13(18)12-16)9-6-7-15-14(2,3)4;1-5-8-16-10-12-17(13-11-16)9-6-7-15-14(2,3)4;1-5-7-15-9-12(18)16(10-11(15)17)8-6-14-13(2,3)4;1-5-7-16-10-9-15(11-12(16)17)8-6-14-13(2,3)4;1-5-7-15-9-10-16(12(17)11-15)8-6-14-13(2,3)4;1-5-7-15-9-11-16(12-10-15)8-6-14-13(2,3)4/h15H,5-11H2,1-4H3;2*15H,5-12H2,1-4H3;15H,5-13H2,1-4H3;14H,5-10H2,1-4H3;2*14H,5-11H2,1-4H3;14H,5-12H2,1-4H3. The lowest BCUT2D eigenvalue weighted by atomic mass is 10.1. The average Bonchev–Trinajstić information content (AvgIpc) is 0.847. The van der Waals surface area contributed by atoms with Gasteiger partial charge in [0.25, 0.3) is 0 Å². The van der Waals surface area contributed by atoms with Crippen molar-refractivity contribution in [3.8, 4) is 0 Å². The van der Waals surface area contributed by atoms with Gasteiger partial charge in [0.05, 0.1) is 52.4 Å². The van der Waals surface area contributed by atoms with Crippen molar-refractivity contribution in [1.29, 1.82) is 0 Å². The SMILES string of the molecule is CCCN1CC(=O)N(CCCNC(C)(C)C)CC1=O.CCCN1CC(=O)N(CCNC(C)(C)C)CC1=O.CCCN1CCN(CCCNC(C)(C)C)C(=O)C1.CCCN1CCN(CCCNC(C)(C)C)CC1.CCCN1CCN(CCCNC(C)(C)C)CC1=O.CCCN1CCN(CCNC(C)(C)C)C(=O)C1.CCCN1CCN(CCNC(C)(C)C)CC1.CCCN1CCN(CCNC(C)(C)C)CC1=O. The average molecular weight is 1990 g/mol. The lowest BCUT2D eigenvalue weighted by molar-refractivity contribution is -0.150. The topological polar surface area (TPSA) is 285 Å². The molecule has 8 rings (SSSR count). The molecule has 0 aliphatic carbocycles. The molecule has 824 valence electrons. The minimum absolute atomic E-state index is 0.0388. The predicted octanol–water partition coefficient (Wildman–Crippen LogP) is 8.99. The van der Waals surface area contributed by atoms with Crippen molar-refractivity contribution >= 4 is 47.3 Å². The highest BCUT2D eigenvalue weighted by Gasteiger charge is 2.33. The van der Waals surface area contributed by atoms with Gasteiger partial charge >= 0.3 is 0 Å². The largest absolute Gasteiger partial charge is 0.340 e. The highest BCUT2D eigenvalue weighted by molar-refractivity contribution is 5.93. The quantitative estimate of drug-likeness (QED) is 0.0264. The van der Waals surface area contributed by atoms with E-state index in [0.29, 0.717) is 64.2 Å². The molecule has 8 aliphatic heterocycles. The molecular weight excluding hydrogens is 1760 g/mol. The number of nitrogens with zero attached hydrogens (tertiary/aromatic N) is 16. The lowest BCUT2D eigenvalue weighted by Crippen LogP contribution is -2.55. The summed E-state index contributed by atoms with van der Waals surface area (Å²) in [5.74, 6) is 1.42. The summed E-state index contributed by atoms with van der Waals surface area (Å²) in [5.41, 5.74) is 1.31. The van der Waals surface area contributed by atoms with Gasteiger partial charge in [-0.3, -0.25) is 62.9 Å². The summed E-state index contributed by atoms with van der Waals surface area (Å²) in [6.45, 7) is 113. The van der Waals surface area contributed by atoms with E-state index >= 15 is 0 Å². The molecule has 8 aliphatic rings. The number of hydrogen-bond donors (Lipinski definition) is 8. The predicted molar refractivity (Wildman–Crippen MR) is 587 cm³/mol. The fraction of sp³-hybridized carbons (Fsp3) is 0.926. The summed E-state index contributed by atoms with van der Waals surface area (Å²) in [7, 11) is 0. The van der Waals surface area contributed by atoms with Gasteiger partial charge in [-0.05, 0) is 309 Å². The summed E-state index contributed by atoms with van der Waals surface area (Å²) >= 11 is 0. The van der Waals surface area contributed by atoms with E-state index in [4.69, 9.17) is 0 Å². The maximum Gasteiger partial charge on any atom is 0.242 e.